The highest BCUT2D eigenvalue weighted by molar-refractivity contribution is 7.89. The number of piperidine rings is 1. The third-order valence-electron chi connectivity index (χ3n) is 5.63. The molecule has 0 spiro atoms. The molecular weight excluding hydrogens is 414 g/mol. The van der Waals surface area contributed by atoms with Crippen LogP contribution in [0.15, 0.2) is 69.9 Å². The second-order valence-electron chi connectivity index (χ2n) is 7.71. The van der Waals surface area contributed by atoms with Crippen LogP contribution in [0, 0.1) is 5.92 Å². The van der Waals surface area contributed by atoms with Crippen molar-refractivity contribution in [2.45, 2.75) is 38.1 Å². The first-order valence-corrected chi connectivity index (χ1v) is 12.7. The van der Waals surface area contributed by atoms with Gasteiger partial charge >= 0.3 is 0 Å². The van der Waals surface area contributed by atoms with Crippen molar-refractivity contribution in [2.75, 3.05) is 13.1 Å². The van der Waals surface area contributed by atoms with Crippen molar-refractivity contribution in [1.29, 1.82) is 0 Å². The number of aromatic nitrogens is 1. The molecule has 0 amide bonds. The van der Waals surface area contributed by atoms with Crippen LogP contribution in [0.3, 0.4) is 0 Å². The molecular formula is C23H27N3O2S2. The molecule has 1 saturated heterocycles. The van der Waals surface area contributed by atoms with Gasteiger partial charge in [0.25, 0.3) is 0 Å². The van der Waals surface area contributed by atoms with E-state index in [-0.39, 0.29) is 0 Å². The number of benzene rings is 2. The SMILES string of the molecule is CCn1c(-c2ccc(S(=O)(=O)N3CCC(C)CC3)cc2)csc1=Nc1ccccc1. The molecule has 1 aromatic heterocycles. The number of para-hydroxylation sites is 1. The van der Waals surface area contributed by atoms with Crippen LogP contribution in [0.5, 0.6) is 0 Å². The van der Waals surface area contributed by atoms with Crippen LogP contribution in [0.2, 0.25) is 0 Å². The van der Waals surface area contributed by atoms with Crippen LogP contribution < -0.4 is 4.80 Å². The normalized spacial score (nSPS) is 16.8. The molecule has 4 rings (SSSR count). The fourth-order valence-electron chi connectivity index (χ4n) is 3.74. The van der Waals surface area contributed by atoms with E-state index in [9.17, 15) is 8.42 Å². The number of sulfonamides is 1. The Labute approximate surface area is 182 Å². The molecule has 0 bridgehead atoms. The third-order valence-corrected chi connectivity index (χ3v) is 8.40. The van der Waals surface area contributed by atoms with Crippen LogP contribution in [-0.2, 0) is 16.6 Å². The van der Waals surface area contributed by atoms with Gasteiger partial charge in [0.05, 0.1) is 16.3 Å². The zero-order valence-electron chi connectivity index (χ0n) is 17.4. The number of hydrogen-bond donors (Lipinski definition) is 0. The average Bonchev–Trinajstić information content (AvgIpc) is 3.17. The summed E-state index contributed by atoms with van der Waals surface area (Å²) in [7, 11) is -3.42. The van der Waals surface area contributed by atoms with Crippen molar-refractivity contribution in [3.8, 4) is 11.3 Å². The Hall–Kier alpha value is -2.22. The van der Waals surface area contributed by atoms with Crippen molar-refractivity contribution >= 4 is 27.0 Å². The summed E-state index contributed by atoms with van der Waals surface area (Å²) in [6, 6.07) is 17.2. The Morgan fingerprint density at radius 3 is 2.33 bits per heavy atom. The molecule has 0 aliphatic carbocycles. The Bertz CT molecular complexity index is 1160. The van der Waals surface area contributed by atoms with E-state index in [2.05, 4.69) is 23.8 Å². The van der Waals surface area contributed by atoms with Crippen molar-refractivity contribution in [1.82, 2.24) is 8.87 Å². The third kappa shape index (κ3) is 4.29. The van der Waals surface area contributed by atoms with Gasteiger partial charge in [0.2, 0.25) is 10.0 Å². The van der Waals surface area contributed by atoms with E-state index in [1.165, 1.54) is 0 Å². The maximum absolute atomic E-state index is 13.0. The maximum Gasteiger partial charge on any atom is 0.243 e. The lowest BCUT2D eigenvalue weighted by molar-refractivity contribution is 0.288. The Kier molecular flexibility index (Phi) is 6.22. The van der Waals surface area contributed by atoms with E-state index >= 15 is 0 Å². The molecule has 2 heterocycles. The smallest absolute Gasteiger partial charge is 0.243 e. The van der Waals surface area contributed by atoms with Gasteiger partial charge in [-0.15, -0.1) is 11.3 Å². The fraction of sp³-hybridized carbons (Fsp3) is 0.348. The number of hydrogen-bond acceptors (Lipinski definition) is 4. The monoisotopic (exact) mass is 441 g/mol. The van der Waals surface area contributed by atoms with Crippen molar-refractivity contribution in [2.24, 2.45) is 10.9 Å². The summed E-state index contributed by atoms with van der Waals surface area (Å²) in [5.74, 6) is 0.595. The molecule has 0 radical (unpaired) electrons. The molecule has 7 heteroatoms. The van der Waals surface area contributed by atoms with E-state index in [4.69, 9.17) is 4.99 Å². The highest BCUT2D eigenvalue weighted by atomic mass is 32.2. The van der Waals surface area contributed by atoms with Gasteiger partial charge in [0.1, 0.15) is 0 Å². The molecule has 158 valence electrons. The van der Waals surface area contributed by atoms with Crippen molar-refractivity contribution in [3.05, 3.63) is 64.8 Å². The molecule has 0 saturated carbocycles. The molecule has 1 fully saturated rings. The summed E-state index contributed by atoms with van der Waals surface area (Å²) in [4.78, 5) is 6.06. The number of nitrogens with zero attached hydrogens (tertiary/aromatic N) is 3. The molecule has 5 nitrogen and oxygen atoms in total. The zero-order chi connectivity index (χ0) is 21.1. The molecule has 2 aromatic carbocycles. The fourth-order valence-corrected chi connectivity index (χ4v) is 6.20. The second kappa shape index (κ2) is 8.88. The number of thiazole rings is 1. The van der Waals surface area contributed by atoms with Crippen molar-refractivity contribution < 1.29 is 8.42 Å². The first-order valence-electron chi connectivity index (χ1n) is 10.4. The minimum Gasteiger partial charge on any atom is -0.317 e. The highest BCUT2D eigenvalue weighted by Crippen LogP contribution is 2.26. The lowest BCUT2D eigenvalue weighted by Gasteiger charge is -2.29. The summed E-state index contributed by atoms with van der Waals surface area (Å²) in [6.45, 7) is 6.28. The lowest BCUT2D eigenvalue weighted by Crippen LogP contribution is -2.37. The van der Waals surface area contributed by atoms with E-state index in [0.29, 0.717) is 23.9 Å². The summed E-state index contributed by atoms with van der Waals surface area (Å²) < 4.78 is 29.7. The summed E-state index contributed by atoms with van der Waals surface area (Å²) in [5, 5.41) is 2.08. The van der Waals surface area contributed by atoms with Crippen LogP contribution >= 0.6 is 11.3 Å². The van der Waals surface area contributed by atoms with Crippen LogP contribution in [0.4, 0.5) is 5.69 Å². The van der Waals surface area contributed by atoms with Gasteiger partial charge in [-0.3, -0.25) is 0 Å². The van der Waals surface area contributed by atoms with E-state index < -0.39 is 10.0 Å². The second-order valence-corrected chi connectivity index (χ2v) is 10.5. The topological polar surface area (TPSA) is 54.7 Å². The van der Waals surface area contributed by atoms with Crippen LogP contribution in [-0.4, -0.2) is 30.4 Å². The van der Waals surface area contributed by atoms with Gasteiger partial charge in [-0.25, -0.2) is 13.4 Å². The van der Waals surface area contributed by atoms with Gasteiger partial charge in [-0.1, -0.05) is 37.3 Å². The quantitative estimate of drug-likeness (QED) is 0.566. The van der Waals surface area contributed by atoms with Gasteiger partial charge in [-0.05, 0) is 55.5 Å². The Morgan fingerprint density at radius 2 is 1.70 bits per heavy atom. The molecule has 0 atom stereocenters. The highest BCUT2D eigenvalue weighted by Gasteiger charge is 2.28. The summed E-state index contributed by atoms with van der Waals surface area (Å²) >= 11 is 1.59. The molecule has 0 unspecified atom stereocenters. The number of rotatable bonds is 5. The summed E-state index contributed by atoms with van der Waals surface area (Å²) in [6.07, 6.45) is 1.85. The predicted octanol–water partition coefficient (Wildman–Crippen LogP) is 4.89. The Morgan fingerprint density at radius 1 is 1.03 bits per heavy atom. The van der Waals surface area contributed by atoms with E-state index in [1.807, 2.05) is 42.5 Å². The summed E-state index contributed by atoms with van der Waals surface area (Å²) in [5.41, 5.74) is 2.96. The van der Waals surface area contributed by atoms with Gasteiger partial charge < -0.3 is 4.57 Å². The van der Waals surface area contributed by atoms with Crippen LogP contribution in [0.1, 0.15) is 26.7 Å². The molecule has 30 heavy (non-hydrogen) atoms. The van der Waals surface area contributed by atoms with Gasteiger partial charge in [0, 0.05) is 25.0 Å². The maximum atomic E-state index is 13.0. The zero-order valence-corrected chi connectivity index (χ0v) is 19.0. The average molecular weight is 442 g/mol. The standard InChI is InChI=1S/C23H27N3O2S2/c1-3-26-22(17-29-23(26)24-20-7-5-4-6-8-20)19-9-11-21(12-10-19)30(27,28)25-15-13-18(2)14-16-25/h4-12,17-18H,3,13-16H2,1-2H3. The predicted molar refractivity (Wildman–Crippen MR) is 122 cm³/mol. The van der Waals surface area contributed by atoms with Gasteiger partial charge in [-0.2, -0.15) is 4.31 Å². The van der Waals surface area contributed by atoms with E-state index in [1.54, 1.807) is 27.8 Å². The minimum atomic E-state index is -3.42. The van der Waals surface area contributed by atoms with E-state index in [0.717, 1.165) is 41.1 Å². The molecule has 1 aliphatic rings. The first kappa shape index (κ1) is 21.0. The molecule has 0 N–H and O–H groups in total. The Balaban J connectivity index is 1.63. The largest absolute Gasteiger partial charge is 0.317 e. The van der Waals surface area contributed by atoms with Crippen molar-refractivity contribution in [3.63, 3.8) is 0 Å². The van der Waals surface area contributed by atoms with Crippen LogP contribution in [0.25, 0.3) is 11.3 Å². The minimum absolute atomic E-state index is 0.369. The first-order chi connectivity index (χ1) is 14.5. The molecule has 1 aliphatic heterocycles. The van der Waals surface area contributed by atoms with Gasteiger partial charge in [0.15, 0.2) is 4.80 Å². The lowest BCUT2D eigenvalue weighted by atomic mass is 10.0. The molecule has 3 aromatic rings.